The highest BCUT2D eigenvalue weighted by molar-refractivity contribution is 14.1. The number of carboxylic acids is 1. The van der Waals surface area contributed by atoms with Gasteiger partial charge in [0.05, 0.1) is 0 Å². The first-order chi connectivity index (χ1) is 9.54. The van der Waals surface area contributed by atoms with Crippen LogP contribution in [0.25, 0.3) is 6.08 Å². The summed E-state index contributed by atoms with van der Waals surface area (Å²) in [5.74, 6) is 0.211. The number of carbonyl (C=O) groups is 1. The molecule has 0 aliphatic carbocycles. The zero-order chi connectivity index (χ0) is 14.5. The van der Waals surface area contributed by atoms with E-state index in [-0.39, 0.29) is 0 Å². The van der Waals surface area contributed by atoms with Crippen LogP contribution in [0.2, 0.25) is 5.02 Å². The molecule has 0 saturated heterocycles. The average Bonchev–Trinajstić information content (AvgIpc) is 2.39. The van der Waals surface area contributed by atoms with Gasteiger partial charge in [0, 0.05) is 20.2 Å². The third kappa shape index (κ3) is 4.25. The lowest BCUT2D eigenvalue weighted by molar-refractivity contribution is -0.131. The van der Waals surface area contributed by atoms with Gasteiger partial charge in [0.15, 0.2) is 0 Å². The van der Waals surface area contributed by atoms with Gasteiger partial charge in [0.1, 0.15) is 11.5 Å². The Morgan fingerprint density at radius 3 is 2.75 bits per heavy atom. The van der Waals surface area contributed by atoms with E-state index in [1.807, 2.05) is 24.3 Å². The molecule has 0 bridgehead atoms. The maximum atomic E-state index is 10.6. The molecule has 2 aromatic rings. The summed E-state index contributed by atoms with van der Waals surface area (Å²) in [7, 11) is 0. The first-order valence-corrected chi connectivity index (χ1v) is 7.14. The fraction of sp³-hybridized carbons (Fsp3) is 0. The molecule has 0 heterocycles. The zero-order valence-electron chi connectivity index (χ0n) is 10.2. The molecule has 3 nitrogen and oxygen atoms in total. The van der Waals surface area contributed by atoms with Crippen LogP contribution in [0.5, 0.6) is 11.5 Å². The predicted molar refractivity (Wildman–Crippen MR) is 87.4 cm³/mol. The Labute approximate surface area is 135 Å². The maximum absolute atomic E-state index is 10.6. The zero-order valence-corrected chi connectivity index (χ0v) is 13.1. The number of halogens is 2. The van der Waals surface area contributed by atoms with Crippen molar-refractivity contribution in [3.63, 3.8) is 0 Å². The van der Waals surface area contributed by atoms with E-state index in [1.165, 1.54) is 6.08 Å². The van der Waals surface area contributed by atoms with Crippen LogP contribution in [-0.2, 0) is 4.79 Å². The molecular weight excluding hydrogens is 391 g/mol. The van der Waals surface area contributed by atoms with Crippen molar-refractivity contribution in [3.8, 4) is 11.5 Å². The van der Waals surface area contributed by atoms with Gasteiger partial charge in [-0.3, -0.25) is 0 Å². The van der Waals surface area contributed by atoms with Crippen molar-refractivity contribution in [3.05, 3.63) is 62.7 Å². The van der Waals surface area contributed by atoms with Gasteiger partial charge in [-0.25, -0.2) is 4.79 Å². The Morgan fingerprint density at radius 2 is 2.05 bits per heavy atom. The van der Waals surface area contributed by atoms with Gasteiger partial charge >= 0.3 is 5.97 Å². The van der Waals surface area contributed by atoms with E-state index >= 15 is 0 Å². The van der Waals surface area contributed by atoms with Crippen LogP contribution in [0.15, 0.2) is 48.5 Å². The fourth-order valence-electron chi connectivity index (χ4n) is 1.56. The molecule has 0 amide bonds. The summed E-state index contributed by atoms with van der Waals surface area (Å²) in [5.41, 5.74) is 0.610. The molecule has 20 heavy (non-hydrogen) atoms. The minimum Gasteiger partial charge on any atom is -0.478 e. The van der Waals surface area contributed by atoms with Crippen molar-refractivity contribution in [2.75, 3.05) is 0 Å². The van der Waals surface area contributed by atoms with E-state index in [1.54, 1.807) is 18.2 Å². The van der Waals surface area contributed by atoms with E-state index in [4.69, 9.17) is 21.4 Å². The van der Waals surface area contributed by atoms with E-state index in [9.17, 15) is 4.79 Å². The second kappa shape index (κ2) is 6.76. The number of rotatable bonds is 4. The van der Waals surface area contributed by atoms with Gasteiger partial charge in [0.25, 0.3) is 0 Å². The molecule has 0 aromatic heterocycles. The second-order valence-corrected chi connectivity index (χ2v) is 5.60. The van der Waals surface area contributed by atoms with Crippen molar-refractivity contribution >= 4 is 46.2 Å². The van der Waals surface area contributed by atoms with Crippen LogP contribution in [0.3, 0.4) is 0 Å². The van der Waals surface area contributed by atoms with Gasteiger partial charge in [-0.2, -0.15) is 0 Å². The van der Waals surface area contributed by atoms with Gasteiger partial charge in [0.2, 0.25) is 0 Å². The molecule has 0 atom stereocenters. The van der Waals surface area contributed by atoms with Crippen LogP contribution < -0.4 is 4.74 Å². The molecule has 1 N–H and O–H groups in total. The summed E-state index contributed by atoms with van der Waals surface area (Å²) in [6.45, 7) is 0. The molecule has 2 aromatic carbocycles. The molecule has 5 heteroatoms. The quantitative estimate of drug-likeness (QED) is 0.590. The van der Waals surface area contributed by atoms with Crippen molar-refractivity contribution in [1.29, 1.82) is 0 Å². The van der Waals surface area contributed by atoms with Crippen molar-refractivity contribution < 1.29 is 14.6 Å². The Morgan fingerprint density at radius 1 is 1.25 bits per heavy atom. The summed E-state index contributed by atoms with van der Waals surface area (Å²) in [5, 5.41) is 9.22. The van der Waals surface area contributed by atoms with Crippen molar-refractivity contribution in [1.82, 2.24) is 0 Å². The third-order valence-corrected chi connectivity index (χ3v) is 3.31. The molecule has 0 spiro atoms. The van der Waals surface area contributed by atoms with Crippen LogP contribution in [0, 0.1) is 3.57 Å². The summed E-state index contributed by atoms with van der Waals surface area (Å²) in [4.78, 5) is 10.6. The van der Waals surface area contributed by atoms with Crippen LogP contribution in [0.4, 0.5) is 0 Å². The summed E-state index contributed by atoms with van der Waals surface area (Å²) in [6, 6.07) is 12.6. The smallest absolute Gasteiger partial charge is 0.328 e. The van der Waals surface area contributed by atoms with Gasteiger partial charge in [-0.15, -0.1) is 0 Å². The monoisotopic (exact) mass is 400 g/mol. The molecule has 102 valence electrons. The van der Waals surface area contributed by atoms with Gasteiger partial charge in [-0.05, 0) is 65.1 Å². The molecule has 0 fully saturated rings. The van der Waals surface area contributed by atoms with Crippen molar-refractivity contribution in [2.24, 2.45) is 0 Å². The normalized spacial score (nSPS) is 10.7. The van der Waals surface area contributed by atoms with Crippen LogP contribution >= 0.6 is 34.2 Å². The average molecular weight is 401 g/mol. The number of carboxylic acid groups (broad SMARTS) is 1. The number of hydrogen-bond donors (Lipinski definition) is 1. The molecular formula is C15H10ClIO3. The summed E-state index contributed by atoms with van der Waals surface area (Å²) < 4.78 is 6.82. The summed E-state index contributed by atoms with van der Waals surface area (Å²) in [6.07, 6.45) is 2.50. The van der Waals surface area contributed by atoms with Gasteiger partial charge < -0.3 is 9.84 Å². The topological polar surface area (TPSA) is 46.5 Å². The van der Waals surface area contributed by atoms with E-state index in [2.05, 4.69) is 22.6 Å². The van der Waals surface area contributed by atoms with Crippen LogP contribution in [0.1, 0.15) is 5.56 Å². The highest BCUT2D eigenvalue weighted by atomic mass is 127. The highest BCUT2D eigenvalue weighted by Gasteiger charge is 2.05. The predicted octanol–water partition coefficient (Wildman–Crippen LogP) is 4.83. The lowest BCUT2D eigenvalue weighted by Crippen LogP contribution is -1.90. The van der Waals surface area contributed by atoms with E-state index in [0.717, 1.165) is 9.65 Å². The van der Waals surface area contributed by atoms with Crippen LogP contribution in [-0.4, -0.2) is 11.1 Å². The SMILES string of the molecule is O=C(O)/C=C/c1cc(Cl)ccc1Oc1cccc(I)c1. The van der Waals surface area contributed by atoms with E-state index < -0.39 is 5.97 Å². The van der Waals surface area contributed by atoms with Gasteiger partial charge in [-0.1, -0.05) is 17.7 Å². The lowest BCUT2D eigenvalue weighted by atomic mass is 10.2. The number of ether oxygens (including phenoxy) is 1. The second-order valence-electron chi connectivity index (χ2n) is 3.91. The third-order valence-electron chi connectivity index (χ3n) is 2.40. The number of benzene rings is 2. The fourth-order valence-corrected chi connectivity index (χ4v) is 2.26. The highest BCUT2D eigenvalue weighted by Crippen LogP contribution is 2.29. The minimum atomic E-state index is -1.02. The standard InChI is InChI=1S/C15H10ClIO3/c16-11-5-6-14(10(8-11)4-7-15(18)19)20-13-3-1-2-12(17)9-13/h1-9H,(H,18,19)/b7-4+. The molecule has 0 aliphatic rings. The molecule has 0 saturated carbocycles. The lowest BCUT2D eigenvalue weighted by Gasteiger charge is -2.09. The van der Waals surface area contributed by atoms with E-state index in [0.29, 0.717) is 22.1 Å². The molecule has 0 radical (unpaired) electrons. The first-order valence-electron chi connectivity index (χ1n) is 5.68. The Kier molecular flexibility index (Phi) is 5.03. The number of hydrogen-bond acceptors (Lipinski definition) is 2. The number of aliphatic carboxylic acids is 1. The Bertz CT molecular complexity index is 668. The molecule has 0 aliphatic heterocycles. The van der Waals surface area contributed by atoms with Crippen molar-refractivity contribution in [2.45, 2.75) is 0 Å². The Hall–Kier alpha value is -1.53. The maximum Gasteiger partial charge on any atom is 0.328 e. The summed E-state index contributed by atoms with van der Waals surface area (Å²) >= 11 is 8.12. The first kappa shape index (κ1) is 14.9. The largest absolute Gasteiger partial charge is 0.478 e. The molecule has 2 rings (SSSR count). The Balaban J connectivity index is 2.33. The molecule has 0 unspecified atom stereocenters. The minimum absolute atomic E-state index is 0.519.